The highest BCUT2D eigenvalue weighted by molar-refractivity contribution is 5.90. The molecule has 0 atom stereocenters. The second-order valence-corrected chi connectivity index (χ2v) is 7.73. The maximum atomic E-state index is 12.5. The highest BCUT2D eigenvalue weighted by atomic mass is 16.5. The zero-order valence-corrected chi connectivity index (χ0v) is 15.8. The Kier molecular flexibility index (Phi) is 4.56. The van der Waals surface area contributed by atoms with Crippen molar-refractivity contribution in [3.05, 3.63) is 64.2 Å². The van der Waals surface area contributed by atoms with Gasteiger partial charge in [-0.1, -0.05) is 18.2 Å². The maximum Gasteiger partial charge on any atom is 0.267 e. The summed E-state index contributed by atoms with van der Waals surface area (Å²) in [6, 6.07) is 12.6. The van der Waals surface area contributed by atoms with Gasteiger partial charge in [0.25, 0.3) is 5.56 Å². The van der Waals surface area contributed by atoms with E-state index in [2.05, 4.69) is 21.5 Å². The van der Waals surface area contributed by atoms with E-state index in [4.69, 9.17) is 4.74 Å². The molecule has 0 saturated heterocycles. The number of ether oxygens (including phenoxy) is 1. The van der Waals surface area contributed by atoms with Crippen molar-refractivity contribution in [3.63, 3.8) is 0 Å². The fraction of sp³-hybridized carbons (Fsp3) is 0.409. The van der Waals surface area contributed by atoms with Gasteiger partial charge in [0.2, 0.25) is 0 Å². The number of para-hydroxylation sites is 1. The zero-order chi connectivity index (χ0) is 18.9. The Bertz CT molecular complexity index is 1050. The predicted molar refractivity (Wildman–Crippen MR) is 109 cm³/mol. The molecule has 3 aromatic rings. The van der Waals surface area contributed by atoms with E-state index in [-0.39, 0.29) is 11.6 Å². The lowest BCUT2D eigenvalue weighted by Crippen LogP contribution is -2.35. The molecule has 6 nitrogen and oxygen atoms in total. The largest absolute Gasteiger partial charge is 0.382 e. The van der Waals surface area contributed by atoms with E-state index >= 15 is 0 Å². The van der Waals surface area contributed by atoms with E-state index in [9.17, 15) is 4.79 Å². The second-order valence-electron chi connectivity index (χ2n) is 7.73. The van der Waals surface area contributed by atoms with Crippen LogP contribution >= 0.6 is 0 Å². The first-order valence-corrected chi connectivity index (χ1v) is 10.1. The molecule has 3 heterocycles. The first-order valence-electron chi connectivity index (χ1n) is 10.1. The summed E-state index contributed by atoms with van der Waals surface area (Å²) >= 11 is 0. The molecule has 1 fully saturated rings. The molecule has 1 N–H and O–H groups in total. The number of rotatable bonds is 3. The van der Waals surface area contributed by atoms with Gasteiger partial charge in [-0.25, -0.2) is 4.68 Å². The maximum absolute atomic E-state index is 12.5. The molecule has 0 unspecified atom stereocenters. The van der Waals surface area contributed by atoms with Gasteiger partial charge in [0.05, 0.1) is 30.5 Å². The van der Waals surface area contributed by atoms with Gasteiger partial charge in [-0.3, -0.25) is 9.78 Å². The Morgan fingerprint density at radius 1 is 1.11 bits per heavy atom. The first kappa shape index (κ1) is 17.4. The van der Waals surface area contributed by atoms with Gasteiger partial charge in [-0.15, -0.1) is 0 Å². The molecule has 1 aliphatic carbocycles. The van der Waals surface area contributed by atoms with Crippen molar-refractivity contribution in [2.24, 2.45) is 0 Å². The third-order valence-electron chi connectivity index (χ3n) is 5.91. The zero-order valence-electron chi connectivity index (χ0n) is 15.8. The van der Waals surface area contributed by atoms with Crippen LogP contribution in [0.5, 0.6) is 0 Å². The third kappa shape index (κ3) is 3.29. The minimum absolute atomic E-state index is 0.000729. The molecule has 1 saturated carbocycles. The molecule has 6 heteroatoms. The predicted octanol–water partition coefficient (Wildman–Crippen LogP) is 3.46. The minimum Gasteiger partial charge on any atom is -0.382 e. The molecular formula is C22H24N4O2. The smallest absolute Gasteiger partial charge is 0.267 e. The van der Waals surface area contributed by atoms with Crippen LogP contribution < -0.4 is 10.9 Å². The highest BCUT2D eigenvalue weighted by Gasteiger charge is 2.25. The standard InChI is InChI=1S/C22H24N4O2/c27-22-13-15-14-28-12-10-19(15)25-26(22)17-7-5-16(6-8-17)24-21-9-11-23-20-4-2-1-3-18(20)21/h1-4,9,11,13,16-17H,5-8,10,12,14H2,(H,23,24). The first-order chi connectivity index (χ1) is 13.8. The summed E-state index contributed by atoms with van der Waals surface area (Å²) in [6.07, 6.45) is 6.62. The summed E-state index contributed by atoms with van der Waals surface area (Å²) in [5.74, 6) is 0. The Morgan fingerprint density at radius 3 is 2.86 bits per heavy atom. The van der Waals surface area contributed by atoms with Crippen LogP contribution in [-0.2, 0) is 17.8 Å². The summed E-state index contributed by atoms with van der Waals surface area (Å²) in [4.78, 5) is 17.0. The van der Waals surface area contributed by atoms with Crippen LogP contribution in [0.1, 0.15) is 43.0 Å². The monoisotopic (exact) mass is 376 g/mol. The van der Waals surface area contributed by atoms with E-state index in [0.29, 0.717) is 19.3 Å². The second kappa shape index (κ2) is 7.36. The lowest BCUT2D eigenvalue weighted by Gasteiger charge is -2.31. The van der Waals surface area contributed by atoms with Gasteiger partial charge in [-0.2, -0.15) is 5.10 Å². The van der Waals surface area contributed by atoms with Crippen molar-refractivity contribution >= 4 is 16.6 Å². The molecule has 2 aliphatic rings. The van der Waals surface area contributed by atoms with Gasteiger partial charge < -0.3 is 10.1 Å². The number of anilines is 1. The van der Waals surface area contributed by atoms with Gasteiger partial charge in [0.1, 0.15) is 0 Å². The van der Waals surface area contributed by atoms with E-state index in [0.717, 1.165) is 60.0 Å². The lowest BCUT2D eigenvalue weighted by atomic mass is 9.91. The quantitative estimate of drug-likeness (QED) is 0.758. The number of aromatic nitrogens is 3. The average Bonchev–Trinajstić information content (AvgIpc) is 2.74. The van der Waals surface area contributed by atoms with Crippen LogP contribution in [-0.4, -0.2) is 27.4 Å². The Hall–Kier alpha value is -2.73. The summed E-state index contributed by atoms with van der Waals surface area (Å²) < 4.78 is 7.16. The molecule has 1 aromatic carbocycles. The number of benzene rings is 1. The van der Waals surface area contributed by atoms with Crippen molar-refractivity contribution < 1.29 is 4.74 Å². The summed E-state index contributed by atoms with van der Waals surface area (Å²) in [7, 11) is 0. The average molecular weight is 376 g/mol. The fourth-order valence-corrected chi connectivity index (χ4v) is 4.40. The molecule has 28 heavy (non-hydrogen) atoms. The molecule has 5 rings (SSSR count). The van der Waals surface area contributed by atoms with Crippen molar-refractivity contribution in [1.29, 1.82) is 0 Å². The fourth-order valence-electron chi connectivity index (χ4n) is 4.40. The molecule has 0 amide bonds. The van der Waals surface area contributed by atoms with Crippen molar-refractivity contribution in [1.82, 2.24) is 14.8 Å². The third-order valence-corrected chi connectivity index (χ3v) is 5.91. The molecule has 0 bridgehead atoms. The summed E-state index contributed by atoms with van der Waals surface area (Å²) in [5, 5.41) is 9.53. The van der Waals surface area contributed by atoms with Gasteiger partial charge in [0, 0.05) is 41.4 Å². The van der Waals surface area contributed by atoms with Gasteiger partial charge in [-0.05, 0) is 37.8 Å². The Balaban J connectivity index is 1.30. The lowest BCUT2D eigenvalue weighted by molar-refractivity contribution is 0.107. The highest BCUT2D eigenvalue weighted by Crippen LogP contribution is 2.31. The molecular weight excluding hydrogens is 352 g/mol. The van der Waals surface area contributed by atoms with Crippen LogP contribution in [0.3, 0.4) is 0 Å². The number of fused-ring (bicyclic) bond motifs is 2. The van der Waals surface area contributed by atoms with Crippen LogP contribution in [0, 0.1) is 0 Å². The number of nitrogens with one attached hydrogen (secondary N) is 1. The van der Waals surface area contributed by atoms with Crippen molar-refractivity contribution in [2.75, 3.05) is 11.9 Å². The number of nitrogens with zero attached hydrogens (tertiary/aromatic N) is 3. The van der Waals surface area contributed by atoms with Crippen LogP contribution in [0.25, 0.3) is 10.9 Å². The normalized spacial score (nSPS) is 22.0. The molecule has 2 aromatic heterocycles. The number of pyridine rings is 1. The van der Waals surface area contributed by atoms with Crippen LogP contribution in [0.15, 0.2) is 47.4 Å². The molecule has 144 valence electrons. The SMILES string of the molecule is O=c1cc2c(nn1C1CCC(Nc3ccnc4ccccc34)CC1)CCOC2. The van der Waals surface area contributed by atoms with E-state index in [1.54, 1.807) is 10.7 Å². The summed E-state index contributed by atoms with van der Waals surface area (Å²) in [5.41, 5.74) is 4.12. The van der Waals surface area contributed by atoms with E-state index in [1.165, 1.54) is 0 Å². The van der Waals surface area contributed by atoms with Crippen LogP contribution in [0.4, 0.5) is 5.69 Å². The van der Waals surface area contributed by atoms with Gasteiger partial charge >= 0.3 is 0 Å². The Morgan fingerprint density at radius 2 is 1.96 bits per heavy atom. The minimum atomic E-state index is 0.000729. The van der Waals surface area contributed by atoms with Crippen molar-refractivity contribution in [2.45, 2.75) is 50.8 Å². The number of hydrogen-bond donors (Lipinski definition) is 1. The van der Waals surface area contributed by atoms with E-state index < -0.39 is 0 Å². The Labute approximate surface area is 163 Å². The molecule has 0 radical (unpaired) electrons. The van der Waals surface area contributed by atoms with E-state index in [1.807, 2.05) is 30.5 Å². The summed E-state index contributed by atoms with van der Waals surface area (Å²) in [6.45, 7) is 1.20. The van der Waals surface area contributed by atoms with Gasteiger partial charge in [0.15, 0.2) is 0 Å². The van der Waals surface area contributed by atoms with Crippen LogP contribution in [0.2, 0.25) is 0 Å². The molecule has 1 aliphatic heterocycles. The number of hydrogen-bond acceptors (Lipinski definition) is 5. The topological polar surface area (TPSA) is 69.0 Å². The van der Waals surface area contributed by atoms with Crippen molar-refractivity contribution in [3.8, 4) is 0 Å². The molecule has 0 spiro atoms.